The number of non-ortho nitro benzene ring substituents is 1. The Balaban J connectivity index is 1.91. The van der Waals surface area contributed by atoms with E-state index in [0.717, 1.165) is 5.69 Å². The van der Waals surface area contributed by atoms with Gasteiger partial charge < -0.3 is 9.64 Å². The van der Waals surface area contributed by atoms with Crippen molar-refractivity contribution in [2.75, 3.05) is 26.3 Å². The molecule has 1 aliphatic rings. The highest BCUT2D eigenvalue weighted by molar-refractivity contribution is 5.95. The highest BCUT2D eigenvalue weighted by atomic mass is 16.6. The fraction of sp³-hybridized carbons (Fsp3) is 0.375. The molecule has 0 atom stereocenters. The Hall–Kier alpha value is -2.74. The molecule has 0 aliphatic carbocycles. The van der Waals surface area contributed by atoms with Gasteiger partial charge in [0.2, 0.25) is 0 Å². The van der Waals surface area contributed by atoms with Crippen molar-refractivity contribution >= 4 is 11.6 Å². The summed E-state index contributed by atoms with van der Waals surface area (Å²) in [6.45, 7) is 4.19. The zero-order chi connectivity index (χ0) is 17.1. The monoisotopic (exact) mass is 330 g/mol. The first-order valence-electron chi connectivity index (χ1n) is 7.80. The van der Waals surface area contributed by atoms with E-state index in [0.29, 0.717) is 44.0 Å². The number of morpholine rings is 1. The third-order valence-corrected chi connectivity index (χ3v) is 4.04. The molecule has 0 bridgehead atoms. The van der Waals surface area contributed by atoms with Crippen LogP contribution in [0.3, 0.4) is 0 Å². The largest absolute Gasteiger partial charge is 0.378 e. The van der Waals surface area contributed by atoms with Crippen LogP contribution in [0.5, 0.6) is 0 Å². The van der Waals surface area contributed by atoms with Crippen LogP contribution >= 0.6 is 0 Å². The van der Waals surface area contributed by atoms with Gasteiger partial charge in [0.15, 0.2) is 0 Å². The molecule has 2 heterocycles. The van der Waals surface area contributed by atoms with Gasteiger partial charge in [-0.05, 0) is 18.6 Å². The van der Waals surface area contributed by atoms with Crippen LogP contribution in [-0.2, 0) is 11.2 Å². The van der Waals surface area contributed by atoms with E-state index in [1.165, 1.54) is 12.1 Å². The van der Waals surface area contributed by atoms with Gasteiger partial charge in [0, 0.05) is 25.2 Å². The number of nitro groups is 1. The molecule has 1 aromatic heterocycles. The molecule has 3 rings (SSSR count). The van der Waals surface area contributed by atoms with Crippen molar-refractivity contribution in [3.63, 3.8) is 0 Å². The summed E-state index contributed by atoms with van der Waals surface area (Å²) in [4.78, 5) is 24.8. The Morgan fingerprint density at radius 2 is 1.96 bits per heavy atom. The van der Waals surface area contributed by atoms with Crippen molar-refractivity contribution < 1.29 is 14.5 Å². The van der Waals surface area contributed by atoms with Crippen LogP contribution in [-0.4, -0.2) is 51.8 Å². The van der Waals surface area contributed by atoms with E-state index in [9.17, 15) is 14.9 Å². The third-order valence-electron chi connectivity index (χ3n) is 4.04. The maximum absolute atomic E-state index is 12.7. The van der Waals surface area contributed by atoms with E-state index >= 15 is 0 Å². The van der Waals surface area contributed by atoms with Gasteiger partial charge in [0.25, 0.3) is 11.6 Å². The molecule has 1 aromatic carbocycles. The minimum atomic E-state index is -0.443. The summed E-state index contributed by atoms with van der Waals surface area (Å²) >= 11 is 0. The molecular weight excluding hydrogens is 312 g/mol. The third kappa shape index (κ3) is 3.00. The molecule has 1 amide bonds. The number of benzene rings is 1. The number of aromatic nitrogens is 2. The van der Waals surface area contributed by atoms with Crippen LogP contribution in [0.4, 0.5) is 5.69 Å². The number of nitrogens with zero attached hydrogens (tertiary/aromatic N) is 4. The molecule has 8 nitrogen and oxygen atoms in total. The first kappa shape index (κ1) is 16.1. The predicted octanol–water partition coefficient (Wildman–Crippen LogP) is 1.82. The SMILES string of the molecule is CCc1c(C(=O)N2CCOCC2)cnn1-c1ccc([N+](=O)[O-])cc1. The van der Waals surface area contributed by atoms with E-state index in [1.54, 1.807) is 27.9 Å². The average molecular weight is 330 g/mol. The second-order valence-electron chi connectivity index (χ2n) is 5.45. The van der Waals surface area contributed by atoms with Gasteiger partial charge in [-0.2, -0.15) is 5.10 Å². The van der Waals surface area contributed by atoms with Crippen LogP contribution in [0.1, 0.15) is 23.0 Å². The van der Waals surface area contributed by atoms with E-state index in [1.807, 2.05) is 6.92 Å². The molecule has 2 aromatic rings. The second kappa shape index (κ2) is 6.79. The van der Waals surface area contributed by atoms with Crippen LogP contribution < -0.4 is 0 Å². The number of carbonyl (C=O) groups is 1. The number of amides is 1. The summed E-state index contributed by atoms with van der Waals surface area (Å²) in [7, 11) is 0. The van der Waals surface area contributed by atoms with Gasteiger partial charge >= 0.3 is 0 Å². The Morgan fingerprint density at radius 3 is 2.54 bits per heavy atom. The fourth-order valence-corrected chi connectivity index (χ4v) is 2.77. The Morgan fingerprint density at radius 1 is 1.29 bits per heavy atom. The Labute approximate surface area is 138 Å². The maximum Gasteiger partial charge on any atom is 0.269 e. The van der Waals surface area contributed by atoms with Crippen molar-refractivity contribution in [3.05, 3.63) is 51.8 Å². The van der Waals surface area contributed by atoms with Crippen molar-refractivity contribution in [3.8, 4) is 5.69 Å². The molecule has 24 heavy (non-hydrogen) atoms. The summed E-state index contributed by atoms with van der Waals surface area (Å²) < 4.78 is 6.94. The number of nitro benzene ring substituents is 1. The van der Waals surface area contributed by atoms with Crippen molar-refractivity contribution in [1.29, 1.82) is 0 Å². The van der Waals surface area contributed by atoms with Crippen LogP contribution in [0.15, 0.2) is 30.5 Å². The average Bonchev–Trinajstić information content (AvgIpc) is 3.05. The summed E-state index contributed by atoms with van der Waals surface area (Å²) in [5, 5.41) is 15.1. The van der Waals surface area contributed by atoms with Crippen LogP contribution in [0.25, 0.3) is 5.69 Å². The summed E-state index contributed by atoms with van der Waals surface area (Å²) in [5.74, 6) is -0.0525. The van der Waals surface area contributed by atoms with E-state index in [-0.39, 0.29) is 11.6 Å². The molecule has 0 unspecified atom stereocenters. The van der Waals surface area contributed by atoms with Gasteiger partial charge in [0.05, 0.1) is 41.3 Å². The quantitative estimate of drug-likeness (QED) is 0.630. The Bertz CT molecular complexity index is 748. The summed E-state index contributed by atoms with van der Waals surface area (Å²) in [5.41, 5.74) is 2.07. The normalized spacial score (nSPS) is 14.6. The lowest BCUT2D eigenvalue weighted by molar-refractivity contribution is -0.384. The number of ether oxygens (including phenoxy) is 1. The molecule has 8 heteroatoms. The summed E-state index contributed by atoms with van der Waals surface area (Å²) in [6, 6.07) is 6.13. The number of rotatable bonds is 4. The summed E-state index contributed by atoms with van der Waals surface area (Å²) in [6.07, 6.45) is 2.19. The topological polar surface area (TPSA) is 90.5 Å². The maximum atomic E-state index is 12.7. The van der Waals surface area contributed by atoms with Crippen LogP contribution in [0, 0.1) is 10.1 Å². The minimum absolute atomic E-state index is 0.0218. The first-order chi connectivity index (χ1) is 11.6. The number of hydrogen-bond donors (Lipinski definition) is 0. The van der Waals surface area contributed by atoms with E-state index < -0.39 is 4.92 Å². The van der Waals surface area contributed by atoms with Gasteiger partial charge in [-0.25, -0.2) is 4.68 Å². The Kier molecular flexibility index (Phi) is 4.57. The lowest BCUT2D eigenvalue weighted by Crippen LogP contribution is -2.40. The lowest BCUT2D eigenvalue weighted by atomic mass is 10.1. The molecule has 0 radical (unpaired) electrons. The minimum Gasteiger partial charge on any atom is -0.378 e. The predicted molar refractivity (Wildman–Crippen MR) is 86.3 cm³/mol. The highest BCUT2D eigenvalue weighted by Crippen LogP contribution is 2.20. The van der Waals surface area contributed by atoms with E-state index in [2.05, 4.69) is 5.10 Å². The molecule has 126 valence electrons. The van der Waals surface area contributed by atoms with Gasteiger partial charge in [-0.15, -0.1) is 0 Å². The number of carbonyl (C=O) groups excluding carboxylic acids is 1. The molecule has 1 aliphatic heterocycles. The van der Waals surface area contributed by atoms with Gasteiger partial charge in [-0.3, -0.25) is 14.9 Å². The van der Waals surface area contributed by atoms with Crippen LogP contribution in [0.2, 0.25) is 0 Å². The van der Waals surface area contributed by atoms with Gasteiger partial charge in [0.1, 0.15) is 0 Å². The zero-order valence-corrected chi connectivity index (χ0v) is 13.3. The van der Waals surface area contributed by atoms with Crippen molar-refractivity contribution in [2.24, 2.45) is 0 Å². The first-order valence-corrected chi connectivity index (χ1v) is 7.80. The molecule has 0 saturated carbocycles. The second-order valence-corrected chi connectivity index (χ2v) is 5.45. The molecule has 1 fully saturated rings. The zero-order valence-electron chi connectivity index (χ0n) is 13.3. The molecular formula is C16H18N4O4. The molecule has 0 spiro atoms. The highest BCUT2D eigenvalue weighted by Gasteiger charge is 2.24. The number of hydrogen-bond acceptors (Lipinski definition) is 5. The standard InChI is InChI=1S/C16H18N4O4/c1-2-15-14(16(21)18-7-9-24-10-8-18)11-17-19(15)12-3-5-13(6-4-12)20(22)23/h3-6,11H,2,7-10H2,1H3. The smallest absolute Gasteiger partial charge is 0.269 e. The van der Waals surface area contributed by atoms with Crippen molar-refractivity contribution in [2.45, 2.75) is 13.3 Å². The van der Waals surface area contributed by atoms with Crippen molar-refractivity contribution in [1.82, 2.24) is 14.7 Å². The van der Waals surface area contributed by atoms with E-state index in [4.69, 9.17) is 4.74 Å². The molecule has 0 N–H and O–H groups in total. The lowest BCUT2D eigenvalue weighted by Gasteiger charge is -2.26. The fourth-order valence-electron chi connectivity index (χ4n) is 2.77. The van der Waals surface area contributed by atoms with Gasteiger partial charge in [-0.1, -0.05) is 6.92 Å². The molecule has 1 saturated heterocycles.